The molecule has 0 aliphatic carbocycles. The van der Waals surface area contributed by atoms with Gasteiger partial charge in [-0.1, -0.05) is 0 Å². The highest BCUT2D eigenvalue weighted by Gasteiger charge is 2.22. The number of hydrogen-bond acceptors (Lipinski definition) is 3. The molecule has 3 nitrogen and oxygen atoms in total. The Morgan fingerprint density at radius 1 is 1.64 bits per heavy atom. The number of carbonyl (C=O) groups excluding carboxylic acids is 1. The molecule has 0 aromatic heterocycles. The van der Waals surface area contributed by atoms with Gasteiger partial charge < -0.3 is 9.64 Å². The van der Waals surface area contributed by atoms with E-state index in [1.165, 1.54) is 19.4 Å². The van der Waals surface area contributed by atoms with Crippen molar-refractivity contribution in [3.63, 3.8) is 0 Å². The monoisotopic (exact) mass is 199 g/mol. The molecule has 0 amide bonds. The van der Waals surface area contributed by atoms with E-state index in [0.717, 1.165) is 6.42 Å². The van der Waals surface area contributed by atoms with Crippen molar-refractivity contribution < 1.29 is 9.53 Å². The molecule has 1 aliphatic heterocycles. The Balaban J connectivity index is 2.22. The number of ketones is 1. The molecule has 2 atom stereocenters. The van der Waals surface area contributed by atoms with Crippen LogP contribution in [0.25, 0.3) is 0 Å². The molecule has 1 aliphatic rings. The summed E-state index contributed by atoms with van der Waals surface area (Å²) in [7, 11) is 3.73. The lowest BCUT2D eigenvalue weighted by atomic mass is 10.0. The quantitative estimate of drug-likeness (QED) is 0.671. The topological polar surface area (TPSA) is 29.5 Å². The highest BCUT2D eigenvalue weighted by Crippen LogP contribution is 2.19. The minimum absolute atomic E-state index is 0.229. The van der Waals surface area contributed by atoms with Crippen LogP contribution in [0.1, 0.15) is 32.6 Å². The van der Waals surface area contributed by atoms with Gasteiger partial charge in [0.2, 0.25) is 0 Å². The van der Waals surface area contributed by atoms with Crippen LogP contribution in [0.15, 0.2) is 0 Å². The Labute approximate surface area is 86.4 Å². The first-order valence-electron chi connectivity index (χ1n) is 5.41. The van der Waals surface area contributed by atoms with Gasteiger partial charge in [0.25, 0.3) is 0 Å². The second-order valence-electron chi connectivity index (χ2n) is 4.16. The number of likely N-dealkylation sites (tertiary alicyclic amines) is 1. The van der Waals surface area contributed by atoms with Gasteiger partial charge >= 0.3 is 0 Å². The average Bonchev–Trinajstić information content (AvgIpc) is 2.59. The number of nitrogens with zero attached hydrogens (tertiary/aromatic N) is 1. The standard InChI is InChI=1S/C11H21NO2/c1-9(14-3)11(13)7-6-10-5-4-8-12(10)2/h9-10H,4-8H2,1-3H3. The van der Waals surface area contributed by atoms with Gasteiger partial charge in [0.1, 0.15) is 6.10 Å². The van der Waals surface area contributed by atoms with Gasteiger partial charge in [-0.05, 0) is 39.8 Å². The summed E-state index contributed by atoms with van der Waals surface area (Å²) in [6, 6.07) is 0.614. The van der Waals surface area contributed by atoms with Gasteiger partial charge in [-0.2, -0.15) is 0 Å². The van der Waals surface area contributed by atoms with Crippen molar-refractivity contribution in [3.05, 3.63) is 0 Å². The maximum absolute atomic E-state index is 11.5. The van der Waals surface area contributed by atoms with Crippen molar-refractivity contribution in [1.29, 1.82) is 0 Å². The van der Waals surface area contributed by atoms with Crippen LogP contribution in [0.3, 0.4) is 0 Å². The molecule has 0 aromatic rings. The second kappa shape index (κ2) is 5.47. The summed E-state index contributed by atoms with van der Waals surface area (Å²) in [6.07, 6.45) is 3.93. The van der Waals surface area contributed by atoms with Crippen LogP contribution in [0.2, 0.25) is 0 Å². The first kappa shape index (κ1) is 11.7. The number of hydrogen-bond donors (Lipinski definition) is 0. The van der Waals surface area contributed by atoms with E-state index < -0.39 is 0 Å². The zero-order valence-electron chi connectivity index (χ0n) is 9.45. The van der Waals surface area contributed by atoms with E-state index in [-0.39, 0.29) is 11.9 Å². The lowest BCUT2D eigenvalue weighted by Crippen LogP contribution is -2.27. The molecule has 0 bridgehead atoms. The molecule has 0 radical (unpaired) electrons. The van der Waals surface area contributed by atoms with Gasteiger partial charge in [-0.3, -0.25) is 4.79 Å². The summed E-state index contributed by atoms with van der Waals surface area (Å²) < 4.78 is 4.99. The van der Waals surface area contributed by atoms with Gasteiger partial charge in [-0.15, -0.1) is 0 Å². The molecular weight excluding hydrogens is 178 g/mol. The fraction of sp³-hybridized carbons (Fsp3) is 0.909. The maximum atomic E-state index is 11.5. The molecule has 82 valence electrons. The van der Waals surface area contributed by atoms with Gasteiger partial charge in [0, 0.05) is 19.6 Å². The molecule has 0 spiro atoms. The molecule has 0 saturated carbocycles. The van der Waals surface area contributed by atoms with Crippen LogP contribution < -0.4 is 0 Å². The van der Waals surface area contributed by atoms with E-state index in [2.05, 4.69) is 11.9 Å². The highest BCUT2D eigenvalue weighted by molar-refractivity contribution is 5.82. The molecule has 1 saturated heterocycles. The Bertz CT molecular complexity index is 194. The third-order valence-corrected chi connectivity index (χ3v) is 3.20. The van der Waals surface area contributed by atoms with Crippen molar-refractivity contribution in [1.82, 2.24) is 4.90 Å². The fourth-order valence-corrected chi connectivity index (χ4v) is 1.99. The van der Waals surface area contributed by atoms with Crippen molar-refractivity contribution >= 4 is 5.78 Å². The van der Waals surface area contributed by atoms with E-state index in [4.69, 9.17) is 4.74 Å². The third-order valence-electron chi connectivity index (χ3n) is 3.20. The highest BCUT2D eigenvalue weighted by atomic mass is 16.5. The summed E-state index contributed by atoms with van der Waals surface area (Å²) in [4.78, 5) is 13.8. The Kier molecular flexibility index (Phi) is 4.55. The van der Waals surface area contributed by atoms with E-state index >= 15 is 0 Å². The van der Waals surface area contributed by atoms with Crippen LogP contribution in [0.5, 0.6) is 0 Å². The minimum Gasteiger partial charge on any atom is -0.374 e. The molecule has 1 rings (SSSR count). The largest absolute Gasteiger partial charge is 0.374 e. The maximum Gasteiger partial charge on any atom is 0.161 e. The van der Waals surface area contributed by atoms with E-state index in [1.54, 1.807) is 7.11 Å². The minimum atomic E-state index is -0.235. The Morgan fingerprint density at radius 3 is 2.86 bits per heavy atom. The summed E-state index contributed by atoms with van der Waals surface area (Å²) in [6.45, 7) is 3.00. The predicted molar refractivity (Wildman–Crippen MR) is 56.4 cm³/mol. The van der Waals surface area contributed by atoms with Crippen molar-refractivity contribution in [2.75, 3.05) is 20.7 Å². The average molecular weight is 199 g/mol. The van der Waals surface area contributed by atoms with E-state index in [1.807, 2.05) is 6.92 Å². The molecule has 3 heteroatoms. The molecule has 1 fully saturated rings. The third kappa shape index (κ3) is 3.07. The number of carbonyl (C=O) groups is 1. The van der Waals surface area contributed by atoms with Crippen molar-refractivity contribution in [2.45, 2.75) is 44.8 Å². The molecule has 2 unspecified atom stereocenters. The molecule has 14 heavy (non-hydrogen) atoms. The number of methoxy groups -OCH3 is 1. The van der Waals surface area contributed by atoms with Crippen molar-refractivity contribution in [3.8, 4) is 0 Å². The number of rotatable bonds is 5. The second-order valence-corrected chi connectivity index (χ2v) is 4.16. The van der Waals surface area contributed by atoms with Gasteiger partial charge in [-0.25, -0.2) is 0 Å². The Hall–Kier alpha value is -0.410. The summed E-state index contributed by atoms with van der Waals surface area (Å²) >= 11 is 0. The summed E-state index contributed by atoms with van der Waals surface area (Å²) in [5, 5.41) is 0. The van der Waals surface area contributed by atoms with Crippen LogP contribution in [0.4, 0.5) is 0 Å². The van der Waals surface area contributed by atoms with Gasteiger partial charge in [0.05, 0.1) is 0 Å². The zero-order valence-corrected chi connectivity index (χ0v) is 9.45. The summed E-state index contributed by atoms with van der Waals surface area (Å²) in [5.41, 5.74) is 0. The van der Waals surface area contributed by atoms with Crippen LogP contribution in [0, 0.1) is 0 Å². The normalized spacial score (nSPS) is 25.2. The fourth-order valence-electron chi connectivity index (χ4n) is 1.99. The SMILES string of the molecule is COC(C)C(=O)CCC1CCCN1C. The Morgan fingerprint density at radius 2 is 2.36 bits per heavy atom. The smallest absolute Gasteiger partial charge is 0.161 e. The van der Waals surface area contributed by atoms with E-state index in [0.29, 0.717) is 12.5 Å². The molecule has 0 N–H and O–H groups in total. The first-order chi connectivity index (χ1) is 6.65. The zero-order chi connectivity index (χ0) is 10.6. The summed E-state index contributed by atoms with van der Waals surface area (Å²) in [5.74, 6) is 0.229. The van der Waals surface area contributed by atoms with Gasteiger partial charge in [0.15, 0.2) is 5.78 Å². The lowest BCUT2D eigenvalue weighted by Gasteiger charge is -2.19. The number of Topliss-reactive ketones (excluding diaryl/α,β-unsaturated/α-hetero) is 1. The molecular formula is C11H21NO2. The van der Waals surface area contributed by atoms with Crippen molar-refractivity contribution in [2.24, 2.45) is 0 Å². The predicted octanol–water partition coefficient (Wildman–Crippen LogP) is 1.46. The first-order valence-corrected chi connectivity index (χ1v) is 5.41. The van der Waals surface area contributed by atoms with Crippen LogP contribution >= 0.6 is 0 Å². The van der Waals surface area contributed by atoms with Crippen LogP contribution in [-0.2, 0) is 9.53 Å². The van der Waals surface area contributed by atoms with Crippen LogP contribution in [-0.4, -0.2) is 43.5 Å². The van der Waals surface area contributed by atoms with E-state index in [9.17, 15) is 4.79 Å². The molecule has 0 aromatic carbocycles. The lowest BCUT2D eigenvalue weighted by molar-refractivity contribution is -0.128. The number of ether oxygens (including phenoxy) is 1. The molecule has 1 heterocycles.